The number of piperidine rings is 1. The van der Waals surface area contributed by atoms with Crippen LogP contribution in [-0.2, 0) is 9.84 Å². The van der Waals surface area contributed by atoms with E-state index in [-0.39, 0.29) is 17.2 Å². The highest BCUT2D eigenvalue weighted by Crippen LogP contribution is 2.16. The Morgan fingerprint density at radius 2 is 2.00 bits per heavy atom. The third-order valence-corrected chi connectivity index (χ3v) is 6.66. The molecule has 6 nitrogen and oxygen atoms in total. The van der Waals surface area contributed by atoms with Crippen LogP contribution in [0.5, 0.6) is 0 Å². The van der Waals surface area contributed by atoms with Crippen LogP contribution in [0, 0.1) is 5.82 Å². The first-order valence-electron chi connectivity index (χ1n) is 9.60. The van der Waals surface area contributed by atoms with E-state index in [1.807, 2.05) is 0 Å². The van der Waals surface area contributed by atoms with Gasteiger partial charge in [-0.1, -0.05) is 18.6 Å². The van der Waals surface area contributed by atoms with Gasteiger partial charge in [-0.3, -0.25) is 4.99 Å². The number of rotatable bonds is 8. The van der Waals surface area contributed by atoms with Gasteiger partial charge < -0.3 is 15.5 Å². The highest BCUT2D eigenvalue weighted by Gasteiger charge is 2.19. The van der Waals surface area contributed by atoms with Crippen LogP contribution in [0.15, 0.2) is 34.2 Å². The summed E-state index contributed by atoms with van der Waals surface area (Å²) in [5, 5.41) is 6.19. The van der Waals surface area contributed by atoms with Crippen LogP contribution >= 0.6 is 0 Å². The van der Waals surface area contributed by atoms with E-state index in [1.54, 1.807) is 7.05 Å². The quantitative estimate of drug-likeness (QED) is 0.398. The number of nitrogens with zero attached hydrogens (tertiary/aromatic N) is 2. The standard InChI is InChI=1S/C19H31FN4O2S/c1-16-8-5-6-13-24(16)14-7-11-22-19(21-2)23-12-15-27(25,26)18-10-4-3-9-17(18)20/h3-4,9-10,16H,5-8,11-15H2,1-2H3,(H2,21,22,23). The van der Waals surface area contributed by atoms with Crippen LogP contribution in [0.2, 0.25) is 0 Å². The molecule has 1 heterocycles. The van der Waals surface area contributed by atoms with Crippen molar-refractivity contribution in [3.05, 3.63) is 30.1 Å². The molecule has 2 N–H and O–H groups in total. The van der Waals surface area contributed by atoms with Crippen LogP contribution in [0.1, 0.15) is 32.6 Å². The molecule has 1 aliphatic rings. The fraction of sp³-hybridized carbons (Fsp3) is 0.632. The summed E-state index contributed by atoms with van der Waals surface area (Å²) in [6.45, 7) is 5.43. The molecule has 1 aliphatic heterocycles. The lowest BCUT2D eigenvalue weighted by Gasteiger charge is -2.33. The molecule has 0 aliphatic carbocycles. The predicted molar refractivity (Wildman–Crippen MR) is 107 cm³/mol. The third-order valence-electron chi connectivity index (χ3n) is 4.91. The van der Waals surface area contributed by atoms with Crippen LogP contribution < -0.4 is 10.6 Å². The molecule has 0 bridgehead atoms. The first-order chi connectivity index (χ1) is 12.9. The van der Waals surface area contributed by atoms with Gasteiger partial charge in [0.2, 0.25) is 0 Å². The maximum atomic E-state index is 13.7. The lowest BCUT2D eigenvalue weighted by Crippen LogP contribution is -2.42. The second-order valence-electron chi connectivity index (χ2n) is 6.91. The summed E-state index contributed by atoms with van der Waals surface area (Å²) in [6, 6.07) is 6.10. The number of hydrogen-bond acceptors (Lipinski definition) is 4. The highest BCUT2D eigenvalue weighted by molar-refractivity contribution is 7.91. The first-order valence-corrected chi connectivity index (χ1v) is 11.2. The molecule has 1 aromatic rings. The molecule has 1 atom stereocenters. The van der Waals surface area contributed by atoms with E-state index in [2.05, 4.69) is 27.4 Å². The molecule has 0 spiro atoms. The molecule has 1 fully saturated rings. The van der Waals surface area contributed by atoms with E-state index in [9.17, 15) is 12.8 Å². The normalized spacial score (nSPS) is 19.1. The number of halogens is 1. The number of likely N-dealkylation sites (tertiary alicyclic amines) is 1. The summed E-state index contributed by atoms with van der Waals surface area (Å²) in [4.78, 5) is 6.37. The van der Waals surface area contributed by atoms with E-state index in [0.717, 1.165) is 25.6 Å². The van der Waals surface area contributed by atoms with Gasteiger partial charge in [0.25, 0.3) is 0 Å². The average Bonchev–Trinajstić information content (AvgIpc) is 2.65. The lowest BCUT2D eigenvalue weighted by molar-refractivity contribution is 0.159. The zero-order valence-corrected chi connectivity index (χ0v) is 17.1. The van der Waals surface area contributed by atoms with Crippen molar-refractivity contribution in [3.8, 4) is 0 Å². The van der Waals surface area contributed by atoms with Crippen molar-refractivity contribution >= 4 is 15.8 Å². The van der Waals surface area contributed by atoms with E-state index in [4.69, 9.17) is 0 Å². The molecular formula is C19H31FN4O2S. The summed E-state index contributed by atoms with van der Waals surface area (Å²) in [5.74, 6) is -0.350. The summed E-state index contributed by atoms with van der Waals surface area (Å²) in [5.41, 5.74) is 0. The number of nitrogens with one attached hydrogen (secondary N) is 2. The number of benzene rings is 1. The Bertz CT molecular complexity index is 724. The smallest absolute Gasteiger partial charge is 0.191 e. The molecule has 0 saturated carbocycles. The van der Waals surface area contributed by atoms with Crippen LogP contribution in [0.3, 0.4) is 0 Å². The zero-order chi connectivity index (χ0) is 19.7. The predicted octanol–water partition coefficient (Wildman–Crippen LogP) is 2.03. The van der Waals surface area contributed by atoms with E-state index >= 15 is 0 Å². The van der Waals surface area contributed by atoms with Gasteiger partial charge in [-0.15, -0.1) is 0 Å². The summed E-state index contributed by atoms with van der Waals surface area (Å²) >= 11 is 0. The van der Waals surface area contributed by atoms with Gasteiger partial charge in [0.15, 0.2) is 15.8 Å². The van der Waals surface area contributed by atoms with Crippen molar-refractivity contribution in [1.82, 2.24) is 15.5 Å². The number of sulfone groups is 1. The first kappa shape index (κ1) is 21.6. The van der Waals surface area contributed by atoms with Gasteiger partial charge in [-0.25, -0.2) is 12.8 Å². The molecule has 8 heteroatoms. The topological polar surface area (TPSA) is 73.8 Å². The van der Waals surface area contributed by atoms with Crippen molar-refractivity contribution in [2.75, 3.05) is 39.0 Å². The largest absolute Gasteiger partial charge is 0.356 e. The molecule has 152 valence electrons. The van der Waals surface area contributed by atoms with Crippen molar-refractivity contribution in [3.63, 3.8) is 0 Å². The second kappa shape index (κ2) is 10.6. The fourth-order valence-corrected chi connectivity index (χ4v) is 4.55. The minimum atomic E-state index is -3.67. The summed E-state index contributed by atoms with van der Waals surface area (Å²) in [7, 11) is -2.02. The minimum absolute atomic E-state index is 0.166. The Hall–Kier alpha value is -1.67. The van der Waals surface area contributed by atoms with Crippen molar-refractivity contribution < 1.29 is 12.8 Å². The lowest BCUT2D eigenvalue weighted by atomic mass is 10.0. The van der Waals surface area contributed by atoms with E-state index in [1.165, 1.54) is 44.0 Å². The van der Waals surface area contributed by atoms with Crippen molar-refractivity contribution in [2.24, 2.45) is 4.99 Å². The molecule has 1 aromatic carbocycles. The monoisotopic (exact) mass is 398 g/mol. The second-order valence-corrected chi connectivity index (χ2v) is 8.99. The molecule has 2 rings (SSSR count). The zero-order valence-electron chi connectivity index (χ0n) is 16.2. The van der Waals surface area contributed by atoms with Crippen molar-refractivity contribution in [1.29, 1.82) is 0 Å². The molecule has 0 amide bonds. The fourth-order valence-electron chi connectivity index (χ4n) is 3.31. The van der Waals surface area contributed by atoms with Gasteiger partial charge in [0, 0.05) is 32.7 Å². The van der Waals surface area contributed by atoms with Crippen LogP contribution in [0.4, 0.5) is 4.39 Å². The van der Waals surface area contributed by atoms with E-state index in [0.29, 0.717) is 12.0 Å². The van der Waals surface area contributed by atoms with Gasteiger partial charge in [0.1, 0.15) is 10.7 Å². The van der Waals surface area contributed by atoms with Crippen LogP contribution in [0.25, 0.3) is 0 Å². The molecule has 1 unspecified atom stereocenters. The Labute approximate surface area is 162 Å². The van der Waals surface area contributed by atoms with Gasteiger partial charge in [-0.2, -0.15) is 0 Å². The molecule has 0 radical (unpaired) electrons. The summed E-state index contributed by atoms with van der Waals surface area (Å²) in [6.07, 6.45) is 4.87. The Morgan fingerprint density at radius 3 is 2.70 bits per heavy atom. The van der Waals surface area contributed by atoms with Gasteiger partial charge >= 0.3 is 0 Å². The van der Waals surface area contributed by atoms with Gasteiger partial charge in [-0.05, 0) is 44.9 Å². The SMILES string of the molecule is CN=C(NCCCN1CCCCC1C)NCCS(=O)(=O)c1ccccc1F. The minimum Gasteiger partial charge on any atom is -0.356 e. The molecule has 27 heavy (non-hydrogen) atoms. The maximum absolute atomic E-state index is 13.7. The van der Waals surface area contributed by atoms with Crippen LogP contribution in [-0.4, -0.2) is 64.3 Å². The Kier molecular flexibility index (Phi) is 8.50. The number of hydrogen-bond donors (Lipinski definition) is 2. The summed E-state index contributed by atoms with van der Waals surface area (Å²) < 4.78 is 38.2. The third kappa shape index (κ3) is 6.77. The molecule has 0 aromatic heterocycles. The van der Waals surface area contributed by atoms with E-state index < -0.39 is 15.7 Å². The number of aliphatic imine (C=N–C) groups is 1. The molecule has 1 saturated heterocycles. The Morgan fingerprint density at radius 1 is 1.26 bits per heavy atom. The van der Waals surface area contributed by atoms with Gasteiger partial charge in [0.05, 0.1) is 5.75 Å². The Balaban J connectivity index is 1.70. The van der Waals surface area contributed by atoms with Crippen molar-refractivity contribution in [2.45, 2.75) is 43.5 Å². The average molecular weight is 399 g/mol. The molecular weight excluding hydrogens is 367 g/mol. The number of guanidine groups is 1. The maximum Gasteiger partial charge on any atom is 0.191 e. The highest BCUT2D eigenvalue weighted by atomic mass is 32.2.